The second kappa shape index (κ2) is 10.4. The molecule has 1 aliphatic rings. The van der Waals surface area contributed by atoms with E-state index in [-0.39, 0.29) is 11.3 Å². The molecule has 33 heavy (non-hydrogen) atoms. The number of Topliss-reactive ketones (excluding diaryl/α,β-unsaturated/α-hetero) is 1. The molecule has 1 heterocycles. The largest absolute Gasteiger partial charge is 0.507 e. The van der Waals surface area contributed by atoms with Crippen LogP contribution in [0.2, 0.25) is 0 Å². The third-order valence-corrected chi connectivity index (χ3v) is 5.47. The molecular formula is C25H30N2O6. The molecule has 1 saturated heterocycles. The second-order valence-electron chi connectivity index (χ2n) is 7.84. The lowest BCUT2D eigenvalue weighted by atomic mass is 9.94. The lowest BCUT2D eigenvalue weighted by Gasteiger charge is -2.28. The van der Waals surface area contributed by atoms with E-state index < -0.39 is 17.7 Å². The van der Waals surface area contributed by atoms with Gasteiger partial charge in [-0.3, -0.25) is 9.59 Å². The first kappa shape index (κ1) is 24.1. The monoisotopic (exact) mass is 454 g/mol. The zero-order valence-corrected chi connectivity index (χ0v) is 19.6. The number of amides is 1. The molecule has 1 amide bonds. The van der Waals surface area contributed by atoms with Crippen LogP contribution in [0.4, 0.5) is 0 Å². The minimum Gasteiger partial charge on any atom is -0.507 e. The van der Waals surface area contributed by atoms with Crippen molar-refractivity contribution in [3.8, 4) is 17.2 Å². The summed E-state index contributed by atoms with van der Waals surface area (Å²) >= 11 is 0. The van der Waals surface area contributed by atoms with Crippen LogP contribution in [0.15, 0.2) is 48.0 Å². The van der Waals surface area contributed by atoms with Gasteiger partial charge in [0.15, 0.2) is 11.5 Å². The summed E-state index contributed by atoms with van der Waals surface area (Å²) < 4.78 is 16.6. The maximum absolute atomic E-state index is 13.2. The summed E-state index contributed by atoms with van der Waals surface area (Å²) in [6, 6.07) is 11.2. The number of aliphatic hydroxyl groups excluding tert-OH is 1. The number of ketones is 1. The van der Waals surface area contributed by atoms with Crippen LogP contribution in [0.25, 0.3) is 5.76 Å². The molecule has 1 aliphatic heterocycles. The topological polar surface area (TPSA) is 88.5 Å². The molecule has 1 atom stereocenters. The van der Waals surface area contributed by atoms with Crippen LogP contribution >= 0.6 is 0 Å². The first-order chi connectivity index (χ1) is 15.8. The van der Waals surface area contributed by atoms with E-state index in [0.29, 0.717) is 48.1 Å². The molecule has 0 aromatic heterocycles. The van der Waals surface area contributed by atoms with Crippen molar-refractivity contribution in [2.24, 2.45) is 0 Å². The van der Waals surface area contributed by atoms with Gasteiger partial charge in [-0.05, 0) is 39.2 Å². The van der Waals surface area contributed by atoms with Crippen molar-refractivity contribution in [2.75, 3.05) is 48.0 Å². The highest BCUT2D eigenvalue weighted by Gasteiger charge is 2.47. The van der Waals surface area contributed by atoms with Crippen molar-refractivity contribution in [2.45, 2.75) is 13.0 Å². The van der Waals surface area contributed by atoms with Crippen LogP contribution in [0.1, 0.15) is 24.1 Å². The molecular weight excluding hydrogens is 424 g/mol. The maximum atomic E-state index is 13.2. The van der Waals surface area contributed by atoms with Crippen molar-refractivity contribution >= 4 is 17.4 Å². The Labute approximate surface area is 194 Å². The smallest absolute Gasteiger partial charge is 0.295 e. The van der Waals surface area contributed by atoms with Crippen molar-refractivity contribution in [1.82, 2.24) is 9.80 Å². The molecule has 0 bridgehead atoms. The third-order valence-electron chi connectivity index (χ3n) is 5.47. The van der Waals surface area contributed by atoms with Crippen molar-refractivity contribution < 1.29 is 28.9 Å². The zero-order chi connectivity index (χ0) is 24.1. The Morgan fingerprint density at radius 2 is 1.82 bits per heavy atom. The molecule has 0 spiro atoms. The van der Waals surface area contributed by atoms with Gasteiger partial charge in [-0.2, -0.15) is 0 Å². The van der Waals surface area contributed by atoms with Gasteiger partial charge in [0.25, 0.3) is 11.7 Å². The fourth-order valence-corrected chi connectivity index (χ4v) is 3.92. The number of carbonyl (C=O) groups is 2. The first-order valence-electron chi connectivity index (χ1n) is 10.7. The average molecular weight is 455 g/mol. The first-order valence-corrected chi connectivity index (χ1v) is 10.7. The lowest BCUT2D eigenvalue weighted by molar-refractivity contribution is -0.140. The number of para-hydroxylation sites is 1. The van der Waals surface area contributed by atoms with Gasteiger partial charge < -0.3 is 29.1 Å². The Bertz CT molecular complexity index is 1060. The van der Waals surface area contributed by atoms with E-state index >= 15 is 0 Å². The highest BCUT2D eigenvalue weighted by molar-refractivity contribution is 6.46. The number of hydrogen-bond donors (Lipinski definition) is 1. The number of benzene rings is 2. The van der Waals surface area contributed by atoms with E-state index in [4.69, 9.17) is 14.2 Å². The molecule has 8 heteroatoms. The van der Waals surface area contributed by atoms with Crippen LogP contribution in [0.3, 0.4) is 0 Å². The van der Waals surface area contributed by atoms with E-state index in [0.717, 1.165) is 0 Å². The molecule has 1 unspecified atom stereocenters. The Hall–Kier alpha value is -3.52. The fraction of sp³-hybridized carbons (Fsp3) is 0.360. The van der Waals surface area contributed by atoms with Gasteiger partial charge in [-0.1, -0.05) is 24.3 Å². The molecule has 176 valence electrons. The molecule has 1 N–H and O–H groups in total. The molecule has 8 nitrogen and oxygen atoms in total. The summed E-state index contributed by atoms with van der Waals surface area (Å²) in [6.07, 6.45) is 0. The standard InChI is InChI=1S/C25H30N2O6/c1-6-33-17-10-7-9-16(15-17)22(28)20-21(18-11-8-12-19(31-4)24(18)32-5)27(14-13-26(2)3)25(30)23(20)29/h7-12,15,21,28H,6,13-14H2,1-5H3/b22-20+. The molecule has 0 aliphatic carbocycles. The third kappa shape index (κ3) is 4.80. The van der Waals surface area contributed by atoms with Crippen LogP contribution in [-0.2, 0) is 9.59 Å². The molecule has 3 rings (SSSR count). The van der Waals surface area contributed by atoms with Gasteiger partial charge in [-0.25, -0.2) is 0 Å². The van der Waals surface area contributed by atoms with E-state index in [1.807, 2.05) is 25.9 Å². The van der Waals surface area contributed by atoms with E-state index in [1.165, 1.54) is 19.1 Å². The van der Waals surface area contributed by atoms with Crippen molar-refractivity contribution in [1.29, 1.82) is 0 Å². The highest BCUT2D eigenvalue weighted by atomic mass is 16.5. The molecule has 2 aromatic carbocycles. The number of hydrogen-bond acceptors (Lipinski definition) is 7. The van der Waals surface area contributed by atoms with E-state index in [1.54, 1.807) is 42.5 Å². The number of aliphatic hydroxyl groups is 1. The summed E-state index contributed by atoms with van der Waals surface area (Å²) in [6.45, 7) is 3.14. The average Bonchev–Trinajstić information content (AvgIpc) is 3.06. The minimum absolute atomic E-state index is 0.000965. The zero-order valence-electron chi connectivity index (χ0n) is 19.6. The Morgan fingerprint density at radius 1 is 1.09 bits per heavy atom. The van der Waals surface area contributed by atoms with Crippen LogP contribution < -0.4 is 14.2 Å². The van der Waals surface area contributed by atoms with Crippen LogP contribution in [0.5, 0.6) is 17.2 Å². The van der Waals surface area contributed by atoms with Gasteiger partial charge >= 0.3 is 0 Å². The normalized spacial score (nSPS) is 17.5. The van der Waals surface area contributed by atoms with Crippen molar-refractivity contribution in [3.63, 3.8) is 0 Å². The Balaban J connectivity index is 2.23. The van der Waals surface area contributed by atoms with Gasteiger partial charge in [0.2, 0.25) is 0 Å². The van der Waals surface area contributed by atoms with Gasteiger partial charge in [-0.15, -0.1) is 0 Å². The molecule has 2 aromatic rings. The van der Waals surface area contributed by atoms with E-state index in [9.17, 15) is 14.7 Å². The summed E-state index contributed by atoms with van der Waals surface area (Å²) in [4.78, 5) is 29.7. The van der Waals surface area contributed by atoms with Crippen LogP contribution in [0, 0.1) is 0 Å². The van der Waals surface area contributed by atoms with Crippen molar-refractivity contribution in [3.05, 3.63) is 59.2 Å². The summed E-state index contributed by atoms with van der Waals surface area (Å²) in [5, 5.41) is 11.3. The number of carbonyl (C=O) groups excluding carboxylic acids is 2. The predicted molar refractivity (Wildman–Crippen MR) is 125 cm³/mol. The number of likely N-dealkylation sites (N-methyl/N-ethyl adjacent to an activating group) is 1. The summed E-state index contributed by atoms with van der Waals surface area (Å²) in [5.41, 5.74) is 0.940. The number of nitrogens with zero attached hydrogens (tertiary/aromatic N) is 2. The quantitative estimate of drug-likeness (QED) is 0.354. The Morgan fingerprint density at radius 3 is 2.45 bits per heavy atom. The van der Waals surface area contributed by atoms with Gasteiger partial charge in [0, 0.05) is 24.2 Å². The number of rotatable bonds is 9. The number of ether oxygens (including phenoxy) is 3. The van der Waals surface area contributed by atoms with Gasteiger partial charge in [0.05, 0.1) is 32.4 Å². The van der Waals surface area contributed by atoms with Gasteiger partial charge in [0.1, 0.15) is 11.5 Å². The second-order valence-corrected chi connectivity index (χ2v) is 7.84. The predicted octanol–water partition coefficient (Wildman–Crippen LogP) is 3.09. The number of methoxy groups -OCH3 is 2. The summed E-state index contributed by atoms with van der Waals surface area (Å²) in [7, 11) is 6.79. The molecule has 1 fully saturated rings. The number of likely N-dealkylation sites (tertiary alicyclic amines) is 1. The molecule has 0 radical (unpaired) electrons. The SMILES string of the molecule is CCOc1cccc(/C(O)=C2\C(=O)C(=O)N(CCN(C)C)C2c2cccc(OC)c2OC)c1. The highest BCUT2D eigenvalue weighted by Crippen LogP contribution is 2.45. The van der Waals surface area contributed by atoms with Crippen LogP contribution in [-0.4, -0.2) is 74.6 Å². The summed E-state index contributed by atoms with van der Waals surface area (Å²) in [5.74, 6) is -0.268. The van der Waals surface area contributed by atoms with E-state index in [2.05, 4.69) is 0 Å². The molecule has 0 saturated carbocycles. The lowest BCUT2D eigenvalue weighted by Crippen LogP contribution is -2.35. The minimum atomic E-state index is -0.842. The Kier molecular flexibility index (Phi) is 7.60. The maximum Gasteiger partial charge on any atom is 0.295 e. The fourth-order valence-electron chi connectivity index (χ4n) is 3.92.